The summed E-state index contributed by atoms with van der Waals surface area (Å²) in [4.78, 5) is 13.5. The lowest BCUT2D eigenvalue weighted by molar-refractivity contribution is -0.141. The molecule has 1 unspecified atom stereocenters. The van der Waals surface area contributed by atoms with Crippen molar-refractivity contribution in [2.45, 2.75) is 45.3 Å². The van der Waals surface area contributed by atoms with Crippen LogP contribution in [0.4, 0.5) is 0 Å². The van der Waals surface area contributed by atoms with Crippen molar-refractivity contribution in [1.29, 1.82) is 0 Å². The summed E-state index contributed by atoms with van der Waals surface area (Å²) in [5, 5.41) is 9.31. The third-order valence-electron chi connectivity index (χ3n) is 2.69. The van der Waals surface area contributed by atoms with Crippen molar-refractivity contribution in [1.82, 2.24) is 4.90 Å². The number of rotatable bonds is 5. The van der Waals surface area contributed by atoms with Crippen LogP contribution in [0.2, 0.25) is 0 Å². The molecule has 15 heavy (non-hydrogen) atoms. The fraction of sp³-hybridized carbons (Fsp3) is 0.909. The van der Waals surface area contributed by atoms with E-state index in [9.17, 15) is 9.90 Å². The minimum atomic E-state index is -0.373. The molecule has 0 aromatic rings. The SMILES string of the molecule is CCCCOC(C)C(=O)N1CC[C@@H](O)C1. The van der Waals surface area contributed by atoms with Crippen molar-refractivity contribution >= 4 is 5.91 Å². The first-order chi connectivity index (χ1) is 7.15. The van der Waals surface area contributed by atoms with Gasteiger partial charge >= 0.3 is 0 Å². The second-order valence-corrected chi connectivity index (χ2v) is 4.09. The molecule has 1 heterocycles. The first kappa shape index (κ1) is 12.5. The van der Waals surface area contributed by atoms with Crippen LogP contribution in [0, 0.1) is 0 Å². The van der Waals surface area contributed by atoms with Crippen molar-refractivity contribution in [3.8, 4) is 0 Å². The first-order valence-corrected chi connectivity index (χ1v) is 5.73. The van der Waals surface area contributed by atoms with Crippen molar-refractivity contribution in [3.05, 3.63) is 0 Å². The lowest BCUT2D eigenvalue weighted by Gasteiger charge is -2.20. The summed E-state index contributed by atoms with van der Waals surface area (Å²) in [6, 6.07) is 0. The number of likely N-dealkylation sites (tertiary alicyclic amines) is 1. The predicted molar refractivity (Wildman–Crippen MR) is 57.5 cm³/mol. The Bertz CT molecular complexity index is 208. The van der Waals surface area contributed by atoms with E-state index in [4.69, 9.17) is 4.74 Å². The normalized spacial score (nSPS) is 23.1. The van der Waals surface area contributed by atoms with Crippen molar-refractivity contribution in [2.24, 2.45) is 0 Å². The van der Waals surface area contributed by atoms with Gasteiger partial charge in [-0.15, -0.1) is 0 Å². The van der Waals surface area contributed by atoms with Crippen LogP contribution in [-0.2, 0) is 9.53 Å². The maximum atomic E-state index is 11.8. The second kappa shape index (κ2) is 6.08. The van der Waals surface area contributed by atoms with E-state index >= 15 is 0 Å². The molecule has 4 nitrogen and oxygen atoms in total. The average Bonchev–Trinajstić information content (AvgIpc) is 2.64. The lowest BCUT2D eigenvalue weighted by atomic mass is 10.3. The monoisotopic (exact) mass is 215 g/mol. The zero-order valence-electron chi connectivity index (χ0n) is 9.61. The Kier molecular flexibility index (Phi) is 5.05. The predicted octanol–water partition coefficient (Wildman–Crippen LogP) is 0.785. The Balaban J connectivity index is 2.26. The number of hydrogen-bond acceptors (Lipinski definition) is 3. The average molecular weight is 215 g/mol. The Labute approximate surface area is 91.2 Å². The first-order valence-electron chi connectivity index (χ1n) is 5.73. The largest absolute Gasteiger partial charge is 0.391 e. The van der Waals surface area contributed by atoms with E-state index in [1.165, 1.54) is 0 Å². The molecular formula is C11H21NO3. The van der Waals surface area contributed by atoms with Gasteiger partial charge in [-0.3, -0.25) is 4.79 Å². The summed E-state index contributed by atoms with van der Waals surface area (Å²) < 4.78 is 5.42. The van der Waals surface area contributed by atoms with Gasteiger partial charge < -0.3 is 14.7 Å². The van der Waals surface area contributed by atoms with Gasteiger partial charge in [0.2, 0.25) is 0 Å². The lowest BCUT2D eigenvalue weighted by Crippen LogP contribution is -2.38. The molecule has 4 heteroatoms. The van der Waals surface area contributed by atoms with Crippen LogP contribution in [-0.4, -0.2) is 47.8 Å². The van der Waals surface area contributed by atoms with Crippen LogP contribution in [0.1, 0.15) is 33.1 Å². The molecule has 0 bridgehead atoms. The van der Waals surface area contributed by atoms with Crippen LogP contribution in [0.3, 0.4) is 0 Å². The third kappa shape index (κ3) is 3.80. The van der Waals surface area contributed by atoms with Crippen LogP contribution >= 0.6 is 0 Å². The molecule has 0 aliphatic carbocycles. The van der Waals surface area contributed by atoms with Crippen molar-refractivity contribution < 1.29 is 14.6 Å². The number of aliphatic hydroxyl groups is 1. The van der Waals surface area contributed by atoms with Crippen molar-refractivity contribution in [2.75, 3.05) is 19.7 Å². The molecule has 88 valence electrons. The van der Waals surface area contributed by atoms with Gasteiger partial charge in [-0.1, -0.05) is 13.3 Å². The maximum Gasteiger partial charge on any atom is 0.251 e. The van der Waals surface area contributed by atoms with Gasteiger partial charge in [0.15, 0.2) is 0 Å². The molecule has 2 atom stereocenters. The molecule has 1 amide bonds. The van der Waals surface area contributed by atoms with Crippen LogP contribution in [0.5, 0.6) is 0 Å². The maximum absolute atomic E-state index is 11.8. The number of ether oxygens (including phenoxy) is 1. The van der Waals surface area contributed by atoms with Gasteiger partial charge in [-0.05, 0) is 19.8 Å². The minimum absolute atomic E-state index is 0.00246. The zero-order valence-corrected chi connectivity index (χ0v) is 9.61. The number of carbonyl (C=O) groups excluding carboxylic acids is 1. The highest BCUT2D eigenvalue weighted by atomic mass is 16.5. The van der Waals surface area contributed by atoms with E-state index in [2.05, 4.69) is 6.92 Å². The quantitative estimate of drug-likeness (QED) is 0.690. The minimum Gasteiger partial charge on any atom is -0.391 e. The number of amides is 1. The molecule has 1 N–H and O–H groups in total. The second-order valence-electron chi connectivity index (χ2n) is 4.09. The summed E-state index contributed by atoms with van der Waals surface area (Å²) in [5.41, 5.74) is 0. The molecule has 1 aliphatic heterocycles. The molecular weight excluding hydrogens is 194 g/mol. The molecule has 1 rings (SSSR count). The van der Waals surface area contributed by atoms with E-state index in [-0.39, 0.29) is 18.1 Å². The molecule has 0 saturated carbocycles. The van der Waals surface area contributed by atoms with Gasteiger partial charge in [-0.2, -0.15) is 0 Å². The number of β-amino-alcohol motifs (C(OH)–C–C–N with tert-alkyl or cyclic N) is 1. The molecule has 0 spiro atoms. The summed E-state index contributed by atoms with van der Waals surface area (Å²) in [5.74, 6) is 0.00246. The van der Waals surface area contributed by atoms with E-state index in [1.54, 1.807) is 11.8 Å². The Morgan fingerprint density at radius 3 is 2.93 bits per heavy atom. The van der Waals surface area contributed by atoms with Crippen molar-refractivity contribution in [3.63, 3.8) is 0 Å². The number of carbonyl (C=O) groups is 1. The van der Waals surface area contributed by atoms with Gasteiger partial charge in [0.1, 0.15) is 6.10 Å². The van der Waals surface area contributed by atoms with Crippen LogP contribution in [0.25, 0.3) is 0 Å². The van der Waals surface area contributed by atoms with Gasteiger partial charge in [0, 0.05) is 19.7 Å². The summed E-state index contributed by atoms with van der Waals surface area (Å²) in [6.07, 6.45) is 2.02. The van der Waals surface area contributed by atoms with Crippen LogP contribution in [0.15, 0.2) is 0 Å². The summed E-state index contributed by atoms with van der Waals surface area (Å²) in [7, 11) is 0. The van der Waals surface area contributed by atoms with E-state index in [0.29, 0.717) is 26.1 Å². The number of hydrogen-bond donors (Lipinski definition) is 1. The van der Waals surface area contributed by atoms with Crippen LogP contribution < -0.4 is 0 Å². The Morgan fingerprint density at radius 1 is 1.67 bits per heavy atom. The van der Waals surface area contributed by atoms with E-state index < -0.39 is 0 Å². The molecule has 0 aromatic heterocycles. The Morgan fingerprint density at radius 2 is 2.40 bits per heavy atom. The summed E-state index contributed by atoms with van der Waals surface area (Å²) >= 11 is 0. The van der Waals surface area contributed by atoms with E-state index in [1.807, 2.05) is 0 Å². The smallest absolute Gasteiger partial charge is 0.251 e. The highest BCUT2D eigenvalue weighted by Gasteiger charge is 2.27. The molecule has 1 fully saturated rings. The fourth-order valence-electron chi connectivity index (χ4n) is 1.67. The number of nitrogens with zero attached hydrogens (tertiary/aromatic N) is 1. The van der Waals surface area contributed by atoms with Gasteiger partial charge in [0.25, 0.3) is 5.91 Å². The third-order valence-corrected chi connectivity index (χ3v) is 2.69. The molecule has 0 aromatic carbocycles. The van der Waals surface area contributed by atoms with Gasteiger partial charge in [-0.25, -0.2) is 0 Å². The molecule has 1 saturated heterocycles. The molecule has 1 aliphatic rings. The topological polar surface area (TPSA) is 49.8 Å². The highest BCUT2D eigenvalue weighted by Crippen LogP contribution is 2.11. The Hall–Kier alpha value is -0.610. The number of aliphatic hydroxyl groups excluding tert-OH is 1. The zero-order chi connectivity index (χ0) is 11.3. The number of unbranched alkanes of at least 4 members (excludes halogenated alkanes) is 1. The van der Waals surface area contributed by atoms with E-state index in [0.717, 1.165) is 12.8 Å². The molecule has 0 radical (unpaired) electrons. The highest BCUT2D eigenvalue weighted by molar-refractivity contribution is 5.80. The standard InChI is InChI=1S/C11H21NO3/c1-3-4-7-15-9(2)11(14)12-6-5-10(13)8-12/h9-10,13H,3-8H2,1-2H3/t9?,10-/m1/s1. The fourth-order valence-corrected chi connectivity index (χ4v) is 1.67. The summed E-state index contributed by atoms with van der Waals surface area (Å²) in [6.45, 7) is 5.62. The van der Waals surface area contributed by atoms with Gasteiger partial charge in [0.05, 0.1) is 6.10 Å².